The van der Waals surface area contributed by atoms with E-state index in [0.29, 0.717) is 22.0 Å². The Morgan fingerprint density at radius 1 is 1.19 bits per heavy atom. The normalized spacial score (nSPS) is 28.8. The van der Waals surface area contributed by atoms with Crippen molar-refractivity contribution in [1.82, 2.24) is 4.90 Å². The number of rotatable bonds is 3. The first-order valence-electron chi connectivity index (χ1n) is 11.0. The van der Waals surface area contributed by atoms with Crippen molar-refractivity contribution in [1.29, 1.82) is 0 Å². The van der Waals surface area contributed by atoms with Crippen LogP contribution in [-0.2, 0) is 16.7 Å². The van der Waals surface area contributed by atoms with Crippen molar-refractivity contribution >= 4 is 29.2 Å². The highest BCUT2D eigenvalue weighted by molar-refractivity contribution is 6.35. The van der Waals surface area contributed by atoms with Crippen molar-refractivity contribution in [3.8, 4) is 11.5 Å². The second kappa shape index (κ2) is 8.12. The smallest absolute Gasteiger partial charge is 0.338 e. The molecule has 1 spiro atoms. The molecule has 5 nitrogen and oxygen atoms in total. The lowest BCUT2D eigenvalue weighted by Gasteiger charge is -2.46. The van der Waals surface area contributed by atoms with Crippen molar-refractivity contribution in [3.63, 3.8) is 0 Å². The van der Waals surface area contributed by atoms with Gasteiger partial charge in [-0.3, -0.25) is 0 Å². The molecule has 2 aromatic carbocycles. The number of hydrogen-bond donors (Lipinski definition) is 0. The molecule has 0 bridgehead atoms. The Morgan fingerprint density at radius 2 is 1.94 bits per heavy atom. The fraction of sp³-hybridized carbons (Fsp3) is 0.480. The minimum atomic E-state index is -0.406. The number of methoxy groups -OCH3 is 1. The summed E-state index contributed by atoms with van der Waals surface area (Å²) in [6, 6.07) is 8.95. The van der Waals surface area contributed by atoms with Gasteiger partial charge in [0.1, 0.15) is 12.2 Å². The minimum absolute atomic E-state index is 0.0662. The highest BCUT2D eigenvalue weighted by Gasteiger charge is 2.58. The molecule has 1 fully saturated rings. The van der Waals surface area contributed by atoms with E-state index in [0.717, 1.165) is 37.4 Å². The predicted molar refractivity (Wildman–Crippen MR) is 124 cm³/mol. The van der Waals surface area contributed by atoms with Crippen molar-refractivity contribution in [2.45, 2.75) is 50.4 Å². The summed E-state index contributed by atoms with van der Waals surface area (Å²) in [7, 11) is 3.85. The number of ether oxygens (including phenoxy) is 3. The zero-order valence-electron chi connectivity index (χ0n) is 18.5. The molecule has 0 radical (unpaired) electrons. The number of halogens is 2. The molecule has 2 aliphatic heterocycles. The first-order valence-corrected chi connectivity index (χ1v) is 11.8. The lowest BCUT2D eigenvalue weighted by Crippen LogP contribution is -2.52. The summed E-state index contributed by atoms with van der Waals surface area (Å²) < 4.78 is 18.2. The number of esters is 1. The SMILES string of the molecule is COc1ccc2c3c1OC1C[C@@H](OC(=O)c4cc(Cl)cc(Cl)c4)CC(C)[C@@]31CCN(C)C2. The number of nitrogens with zero attached hydrogens (tertiary/aromatic N) is 1. The molecule has 1 aliphatic carbocycles. The average molecular weight is 476 g/mol. The lowest BCUT2D eigenvalue weighted by molar-refractivity contribution is -0.0378. The molecule has 0 N–H and O–H groups in total. The van der Waals surface area contributed by atoms with Crippen LogP contribution in [0.3, 0.4) is 0 Å². The van der Waals surface area contributed by atoms with Crippen molar-refractivity contribution in [2.75, 3.05) is 20.7 Å². The summed E-state index contributed by atoms with van der Waals surface area (Å²) in [5, 5.41) is 0.828. The van der Waals surface area contributed by atoms with Gasteiger partial charge in [0, 0.05) is 34.0 Å². The summed E-state index contributed by atoms with van der Waals surface area (Å²) in [4.78, 5) is 15.2. The maximum atomic E-state index is 12.8. The van der Waals surface area contributed by atoms with E-state index >= 15 is 0 Å². The van der Waals surface area contributed by atoms with Crippen LogP contribution in [0.1, 0.15) is 47.7 Å². The maximum Gasteiger partial charge on any atom is 0.338 e. The van der Waals surface area contributed by atoms with E-state index in [2.05, 4.69) is 24.9 Å². The van der Waals surface area contributed by atoms with Gasteiger partial charge in [-0.2, -0.15) is 0 Å². The van der Waals surface area contributed by atoms with Crippen LogP contribution >= 0.6 is 23.2 Å². The third-order valence-corrected chi connectivity index (χ3v) is 7.86. The molecular weight excluding hydrogens is 449 g/mol. The van der Waals surface area contributed by atoms with Gasteiger partial charge < -0.3 is 19.1 Å². The Labute approximate surface area is 198 Å². The highest BCUT2D eigenvalue weighted by Crippen LogP contribution is 2.59. The molecule has 2 unspecified atom stereocenters. The minimum Gasteiger partial charge on any atom is -0.493 e. The maximum absolute atomic E-state index is 12.8. The van der Waals surface area contributed by atoms with Crippen LogP contribution in [0.2, 0.25) is 10.0 Å². The van der Waals surface area contributed by atoms with Gasteiger partial charge in [0.2, 0.25) is 0 Å². The summed E-state index contributed by atoms with van der Waals surface area (Å²) in [5.74, 6) is 1.51. The monoisotopic (exact) mass is 475 g/mol. The van der Waals surface area contributed by atoms with Gasteiger partial charge in [0.05, 0.1) is 12.7 Å². The molecule has 170 valence electrons. The van der Waals surface area contributed by atoms with Crippen LogP contribution in [0.25, 0.3) is 0 Å². The molecule has 32 heavy (non-hydrogen) atoms. The van der Waals surface area contributed by atoms with E-state index in [9.17, 15) is 4.79 Å². The number of benzene rings is 2. The van der Waals surface area contributed by atoms with Crippen molar-refractivity contribution in [2.24, 2.45) is 5.92 Å². The van der Waals surface area contributed by atoms with E-state index in [4.69, 9.17) is 37.4 Å². The summed E-state index contributed by atoms with van der Waals surface area (Å²) in [5.41, 5.74) is 2.86. The Morgan fingerprint density at radius 3 is 2.66 bits per heavy atom. The van der Waals surface area contributed by atoms with Gasteiger partial charge in [0.15, 0.2) is 11.5 Å². The lowest BCUT2D eigenvalue weighted by atomic mass is 9.59. The first-order chi connectivity index (χ1) is 15.3. The number of hydrogen-bond acceptors (Lipinski definition) is 5. The van der Waals surface area contributed by atoms with Gasteiger partial charge in [0.25, 0.3) is 0 Å². The second-order valence-electron chi connectivity index (χ2n) is 9.32. The molecule has 2 heterocycles. The van der Waals surface area contributed by atoms with Crippen LogP contribution in [0.5, 0.6) is 11.5 Å². The second-order valence-corrected chi connectivity index (χ2v) is 10.2. The topological polar surface area (TPSA) is 48.0 Å². The molecular formula is C25H27Cl2NO4. The summed E-state index contributed by atoms with van der Waals surface area (Å²) >= 11 is 12.1. The zero-order valence-corrected chi connectivity index (χ0v) is 20.0. The molecule has 1 saturated carbocycles. The van der Waals surface area contributed by atoms with Crippen LogP contribution in [0.15, 0.2) is 30.3 Å². The number of carbonyl (C=O) groups is 1. The molecule has 7 heteroatoms. The van der Waals surface area contributed by atoms with Crippen LogP contribution in [0, 0.1) is 5.92 Å². The van der Waals surface area contributed by atoms with Crippen molar-refractivity contribution in [3.05, 3.63) is 57.1 Å². The molecule has 0 aromatic heterocycles. The van der Waals surface area contributed by atoms with Gasteiger partial charge in [-0.1, -0.05) is 36.2 Å². The van der Waals surface area contributed by atoms with E-state index in [1.807, 2.05) is 6.07 Å². The van der Waals surface area contributed by atoms with Gasteiger partial charge in [-0.15, -0.1) is 0 Å². The molecule has 5 rings (SSSR count). The van der Waals surface area contributed by atoms with E-state index in [1.165, 1.54) is 11.1 Å². The molecule has 0 amide bonds. The van der Waals surface area contributed by atoms with E-state index < -0.39 is 5.97 Å². The van der Waals surface area contributed by atoms with Crippen LogP contribution in [0.4, 0.5) is 0 Å². The zero-order chi connectivity index (χ0) is 22.6. The summed E-state index contributed by atoms with van der Waals surface area (Å²) in [6.45, 7) is 4.15. The van der Waals surface area contributed by atoms with E-state index in [1.54, 1.807) is 25.3 Å². The quantitative estimate of drug-likeness (QED) is 0.549. The summed E-state index contributed by atoms with van der Waals surface area (Å²) in [6.07, 6.45) is 2.12. The molecule has 4 atom stereocenters. The third-order valence-electron chi connectivity index (χ3n) is 7.42. The van der Waals surface area contributed by atoms with E-state index in [-0.39, 0.29) is 23.5 Å². The van der Waals surface area contributed by atoms with Gasteiger partial charge in [-0.25, -0.2) is 4.79 Å². The molecule has 2 aromatic rings. The Balaban J connectivity index is 1.46. The van der Waals surface area contributed by atoms with Gasteiger partial charge >= 0.3 is 5.97 Å². The Bertz CT molecular complexity index is 1050. The largest absolute Gasteiger partial charge is 0.493 e. The average Bonchev–Trinajstić information content (AvgIpc) is 2.99. The third kappa shape index (κ3) is 3.46. The number of carbonyl (C=O) groups excluding carboxylic acids is 1. The fourth-order valence-corrected chi connectivity index (χ4v) is 6.49. The first kappa shape index (κ1) is 21.9. The molecule has 0 saturated heterocycles. The highest BCUT2D eigenvalue weighted by atomic mass is 35.5. The fourth-order valence-electron chi connectivity index (χ4n) is 5.96. The predicted octanol–water partition coefficient (Wildman–Crippen LogP) is 5.49. The Kier molecular flexibility index (Phi) is 5.55. The molecule has 3 aliphatic rings. The van der Waals surface area contributed by atoms with Crippen LogP contribution in [-0.4, -0.2) is 43.8 Å². The van der Waals surface area contributed by atoms with Crippen LogP contribution < -0.4 is 9.47 Å². The standard InChI is InChI=1S/C25H27Cl2NO4/c1-14-8-19(31-24(29)16-9-17(26)11-18(27)10-16)12-21-25(14)6-7-28(2)13-15-4-5-20(30-3)23(32-21)22(15)25/h4-5,9-11,14,19,21H,6-8,12-13H2,1-3H3/t14?,19-,21?,25+/m0/s1. The van der Waals surface area contributed by atoms with Crippen molar-refractivity contribution < 1.29 is 19.0 Å². The Hall–Kier alpha value is -1.95. The van der Waals surface area contributed by atoms with Gasteiger partial charge in [-0.05, 0) is 62.2 Å².